The normalized spacial score (nSPS) is 12.7. The van der Waals surface area contributed by atoms with E-state index < -0.39 is 11.9 Å². The van der Waals surface area contributed by atoms with Crippen LogP contribution in [0.5, 0.6) is 0 Å². The minimum atomic E-state index is -0.872. The predicted molar refractivity (Wildman–Crippen MR) is 47.3 cm³/mol. The molecule has 1 aromatic heterocycles. The van der Waals surface area contributed by atoms with Gasteiger partial charge in [0.1, 0.15) is 0 Å². The van der Waals surface area contributed by atoms with E-state index in [1.54, 1.807) is 7.05 Å². The third kappa shape index (κ3) is 2.77. The van der Waals surface area contributed by atoms with E-state index >= 15 is 0 Å². The Balaban J connectivity index is 2.59. The maximum atomic E-state index is 10.8. The first-order valence-electron chi connectivity index (χ1n) is 4.29. The van der Waals surface area contributed by atoms with Crippen molar-refractivity contribution in [3.05, 3.63) is 5.82 Å². The van der Waals surface area contributed by atoms with Crippen LogP contribution >= 0.6 is 0 Å². The summed E-state index contributed by atoms with van der Waals surface area (Å²) in [6.45, 7) is 0.344. The van der Waals surface area contributed by atoms with E-state index in [2.05, 4.69) is 15.4 Å². The Bertz CT molecular complexity index is 311. The molecule has 1 unspecified atom stereocenters. The van der Waals surface area contributed by atoms with Crippen LogP contribution in [0.15, 0.2) is 0 Å². The van der Waals surface area contributed by atoms with E-state index in [1.165, 1.54) is 4.80 Å². The number of rotatable bonds is 5. The molecule has 0 saturated carbocycles. The maximum absolute atomic E-state index is 10.8. The molecule has 0 aliphatic rings. The molecule has 1 aromatic rings. The molecule has 14 heavy (non-hydrogen) atoms. The van der Waals surface area contributed by atoms with E-state index in [9.17, 15) is 4.79 Å². The number of nitrogens with two attached hydrogens (primary N) is 1. The molecule has 7 heteroatoms. The summed E-state index contributed by atoms with van der Waals surface area (Å²) in [4.78, 5) is 12.1. The smallest absolute Gasteiger partial charge is 0.307 e. The zero-order valence-electron chi connectivity index (χ0n) is 7.92. The molecule has 0 fully saturated rings. The molecule has 0 aliphatic heterocycles. The topological polar surface area (TPSA) is 107 Å². The number of aryl methyl sites for hydroxylation is 1. The highest BCUT2D eigenvalue weighted by atomic mass is 16.4. The summed E-state index contributed by atoms with van der Waals surface area (Å²) in [5.41, 5.74) is 5.30. The number of hydrogen-bond donors (Lipinski definition) is 2. The van der Waals surface area contributed by atoms with E-state index in [0.717, 1.165) is 0 Å². The van der Waals surface area contributed by atoms with Crippen LogP contribution in [0, 0.1) is 5.92 Å². The average molecular weight is 199 g/mol. The molecule has 0 aliphatic carbocycles. The molecule has 7 nitrogen and oxygen atoms in total. The number of carboxylic acid groups (broad SMARTS) is 1. The lowest BCUT2D eigenvalue weighted by atomic mass is 10.0. The first kappa shape index (κ1) is 10.6. The van der Waals surface area contributed by atoms with Gasteiger partial charge in [0.15, 0.2) is 5.82 Å². The molecule has 1 atom stereocenters. The number of hydrogen-bond acceptors (Lipinski definition) is 5. The zero-order chi connectivity index (χ0) is 10.6. The number of nitrogens with zero attached hydrogens (tertiary/aromatic N) is 4. The number of carboxylic acids is 1. The number of aliphatic carboxylic acids is 1. The van der Waals surface area contributed by atoms with Crippen LogP contribution in [-0.4, -0.2) is 37.8 Å². The fourth-order valence-electron chi connectivity index (χ4n) is 1.14. The second-order valence-corrected chi connectivity index (χ2v) is 3.01. The highest BCUT2D eigenvalue weighted by Crippen LogP contribution is 2.07. The lowest BCUT2D eigenvalue weighted by molar-refractivity contribution is -0.141. The summed E-state index contributed by atoms with van der Waals surface area (Å²) >= 11 is 0. The lowest BCUT2D eigenvalue weighted by Gasteiger charge is -2.07. The second kappa shape index (κ2) is 4.66. The molecule has 0 saturated heterocycles. The Morgan fingerprint density at radius 3 is 2.86 bits per heavy atom. The van der Waals surface area contributed by atoms with Crippen molar-refractivity contribution in [2.75, 3.05) is 6.54 Å². The Morgan fingerprint density at radius 1 is 1.71 bits per heavy atom. The van der Waals surface area contributed by atoms with Crippen LogP contribution in [0.3, 0.4) is 0 Å². The van der Waals surface area contributed by atoms with E-state index in [4.69, 9.17) is 10.8 Å². The number of aromatic nitrogens is 4. The van der Waals surface area contributed by atoms with Gasteiger partial charge in [-0.15, -0.1) is 10.2 Å². The minimum absolute atomic E-state index is 0.278. The first-order chi connectivity index (χ1) is 6.63. The number of carbonyl (C=O) groups is 1. The quantitative estimate of drug-likeness (QED) is 0.617. The van der Waals surface area contributed by atoms with Gasteiger partial charge in [-0.25, -0.2) is 0 Å². The molecule has 0 bridgehead atoms. The van der Waals surface area contributed by atoms with Crippen LogP contribution in [0.4, 0.5) is 0 Å². The number of tetrazole rings is 1. The van der Waals surface area contributed by atoms with Crippen LogP contribution in [0.2, 0.25) is 0 Å². The Hall–Kier alpha value is -1.50. The summed E-state index contributed by atoms with van der Waals surface area (Å²) < 4.78 is 0. The van der Waals surface area contributed by atoms with Gasteiger partial charge in [0.2, 0.25) is 0 Å². The van der Waals surface area contributed by atoms with E-state index in [-0.39, 0.29) is 6.42 Å². The van der Waals surface area contributed by atoms with Gasteiger partial charge in [-0.05, 0) is 18.2 Å². The SMILES string of the molecule is Cn1nnc(CC(CCN)C(=O)O)n1. The standard InChI is InChI=1S/C7H13N5O2/c1-12-10-6(9-11-12)4-5(2-3-8)7(13)14/h5H,2-4,8H2,1H3,(H,13,14). The molecular weight excluding hydrogens is 186 g/mol. The van der Waals surface area contributed by atoms with Gasteiger partial charge < -0.3 is 10.8 Å². The summed E-state index contributed by atoms with van der Waals surface area (Å²) in [6.07, 6.45) is 0.702. The zero-order valence-corrected chi connectivity index (χ0v) is 7.92. The van der Waals surface area contributed by atoms with Crippen molar-refractivity contribution in [3.63, 3.8) is 0 Å². The van der Waals surface area contributed by atoms with Crippen molar-refractivity contribution in [2.45, 2.75) is 12.8 Å². The van der Waals surface area contributed by atoms with E-state index in [0.29, 0.717) is 18.8 Å². The summed E-state index contributed by atoms with van der Waals surface area (Å²) in [6, 6.07) is 0. The van der Waals surface area contributed by atoms with Crippen molar-refractivity contribution in [3.8, 4) is 0 Å². The average Bonchev–Trinajstić information content (AvgIpc) is 2.50. The summed E-state index contributed by atoms with van der Waals surface area (Å²) in [7, 11) is 1.63. The Kier molecular flexibility index (Phi) is 3.52. The fraction of sp³-hybridized carbons (Fsp3) is 0.714. The van der Waals surface area contributed by atoms with Gasteiger partial charge in [-0.1, -0.05) is 0 Å². The second-order valence-electron chi connectivity index (χ2n) is 3.01. The van der Waals surface area contributed by atoms with Gasteiger partial charge in [-0.3, -0.25) is 4.79 Å². The molecule has 1 rings (SSSR count). The monoisotopic (exact) mass is 199 g/mol. The molecular formula is C7H13N5O2. The van der Waals surface area contributed by atoms with Crippen LogP contribution < -0.4 is 5.73 Å². The summed E-state index contributed by atoms with van der Waals surface area (Å²) in [5, 5.41) is 20.1. The van der Waals surface area contributed by atoms with Gasteiger partial charge in [0.25, 0.3) is 0 Å². The molecule has 0 aromatic carbocycles. The highest BCUT2D eigenvalue weighted by Gasteiger charge is 2.19. The Labute approximate surface area is 80.9 Å². The fourth-order valence-corrected chi connectivity index (χ4v) is 1.14. The van der Waals surface area contributed by atoms with Crippen molar-refractivity contribution >= 4 is 5.97 Å². The molecule has 0 amide bonds. The van der Waals surface area contributed by atoms with Crippen LogP contribution in [-0.2, 0) is 18.3 Å². The van der Waals surface area contributed by atoms with Crippen molar-refractivity contribution in [2.24, 2.45) is 18.7 Å². The van der Waals surface area contributed by atoms with Crippen molar-refractivity contribution < 1.29 is 9.90 Å². The first-order valence-corrected chi connectivity index (χ1v) is 4.29. The van der Waals surface area contributed by atoms with E-state index in [1.807, 2.05) is 0 Å². The lowest BCUT2D eigenvalue weighted by Crippen LogP contribution is -2.20. The third-order valence-electron chi connectivity index (χ3n) is 1.84. The molecule has 1 heterocycles. The largest absolute Gasteiger partial charge is 0.481 e. The van der Waals surface area contributed by atoms with Crippen molar-refractivity contribution in [1.82, 2.24) is 20.2 Å². The maximum Gasteiger partial charge on any atom is 0.307 e. The molecule has 0 spiro atoms. The van der Waals surface area contributed by atoms with Gasteiger partial charge >= 0.3 is 5.97 Å². The van der Waals surface area contributed by atoms with Crippen LogP contribution in [0.1, 0.15) is 12.2 Å². The molecule has 3 N–H and O–H groups in total. The Morgan fingerprint density at radius 2 is 2.43 bits per heavy atom. The van der Waals surface area contributed by atoms with Gasteiger partial charge in [0.05, 0.1) is 13.0 Å². The highest BCUT2D eigenvalue weighted by molar-refractivity contribution is 5.70. The van der Waals surface area contributed by atoms with Crippen molar-refractivity contribution in [1.29, 1.82) is 0 Å². The van der Waals surface area contributed by atoms with Gasteiger partial charge in [-0.2, -0.15) is 4.80 Å². The molecule has 78 valence electrons. The third-order valence-corrected chi connectivity index (χ3v) is 1.84. The molecule has 0 radical (unpaired) electrons. The minimum Gasteiger partial charge on any atom is -0.481 e. The summed E-state index contributed by atoms with van der Waals surface area (Å²) in [5.74, 6) is -0.958. The van der Waals surface area contributed by atoms with Gasteiger partial charge in [0, 0.05) is 6.42 Å². The predicted octanol–water partition coefficient (Wildman–Crippen LogP) is -1.20. The van der Waals surface area contributed by atoms with Crippen LogP contribution in [0.25, 0.3) is 0 Å².